The Bertz CT molecular complexity index is 842. The third kappa shape index (κ3) is 3.82. The summed E-state index contributed by atoms with van der Waals surface area (Å²) >= 11 is 0. The average molecular weight is 352 g/mol. The third-order valence-electron chi connectivity index (χ3n) is 3.46. The zero-order valence-electron chi connectivity index (χ0n) is 13.8. The van der Waals surface area contributed by atoms with E-state index in [4.69, 9.17) is 9.52 Å². The van der Waals surface area contributed by atoms with Gasteiger partial charge < -0.3 is 9.52 Å². The summed E-state index contributed by atoms with van der Waals surface area (Å²) in [5.41, 5.74) is 1.75. The van der Waals surface area contributed by atoms with Gasteiger partial charge in [0.15, 0.2) is 0 Å². The van der Waals surface area contributed by atoms with E-state index >= 15 is 0 Å². The number of rotatable bonds is 7. The van der Waals surface area contributed by atoms with Gasteiger partial charge in [0.25, 0.3) is 0 Å². The predicted molar refractivity (Wildman–Crippen MR) is 88.1 cm³/mol. The van der Waals surface area contributed by atoms with Crippen molar-refractivity contribution in [1.82, 2.24) is 9.29 Å². The smallest absolute Gasteiger partial charge is 0.318 e. The highest BCUT2D eigenvalue weighted by atomic mass is 32.2. The van der Waals surface area contributed by atoms with E-state index in [1.165, 1.54) is 12.3 Å². The molecule has 0 amide bonds. The van der Waals surface area contributed by atoms with E-state index in [9.17, 15) is 13.2 Å². The maximum absolute atomic E-state index is 12.9. The van der Waals surface area contributed by atoms with Gasteiger partial charge in [0, 0.05) is 12.1 Å². The molecule has 2 rings (SSSR count). The second-order valence-corrected chi connectivity index (χ2v) is 7.41. The number of carbonyl (C=O) groups is 1. The predicted octanol–water partition coefficient (Wildman–Crippen LogP) is 2.44. The molecule has 130 valence electrons. The SMILES string of the molecule is CCCN(CC(=O)O)S(=O)(=O)c1cc(-c2nc(C)co2)ccc1C. The summed E-state index contributed by atoms with van der Waals surface area (Å²) in [7, 11) is -3.93. The monoisotopic (exact) mass is 352 g/mol. The Labute approximate surface area is 141 Å². The van der Waals surface area contributed by atoms with E-state index in [1.54, 1.807) is 32.9 Å². The van der Waals surface area contributed by atoms with Crippen LogP contribution in [-0.4, -0.2) is 41.9 Å². The van der Waals surface area contributed by atoms with E-state index in [1.807, 2.05) is 0 Å². The van der Waals surface area contributed by atoms with Crippen molar-refractivity contribution in [2.75, 3.05) is 13.1 Å². The number of aryl methyl sites for hydroxylation is 2. The fraction of sp³-hybridized carbons (Fsp3) is 0.375. The van der Waals surface area contributed by atoms with E-state index in [-0.39, 0.29) is 11.4 Å². The first-order chi connectivity index (χ1) is 11.3. The largest absolute Gasteiger partial charge is 0.480 e. The first-order valence-electron chi connectivity index (χ1n) is 7.50. The molecule has 1 heterocycles. The maximum Gasteiger partial charge on any atom is 0.318 e. The van der Waals surface area contributed by atoms with Crippen LogP contribution in [0.1, 0.15) is 24.6 Å². The zero-order valence-corrected chi connectivity index (χ0v) is 14.6. The van der Waals surface area contributed by atoms with E-state index in [0.717, 1.165) is 4.31 Å². The summed E-state index contributed by atoms with van der Waals surface area (Å²) in [5.74, 6) is -0.867. The molecule has 1 aromatic heterocycles. The van der Waals surface area contributed by atoms with Crippen LogP contribution >= 0.6 is 0 Å². The van der Waals surface area contributed by atoms with Crippen molar-refractivity contribution in [2.24, 2.45) is 0 Å². The van der Waals surface area contributed by atoms with E-state index in [2.05, 4.69) is 4.98 Å². The molecule has 0 unspecified atom stereocenters. The maximum atomic E-state index is 12.9. The molecule has 7 nitrogen and oxygen atoms in total. The molecule has 1 aromatic carbocycles. The van der Waals surface area contributed by atoms with Crippen LogP contribution in [0, 0.1) is 13.8 Å². The normalized spacial score (nSPS) is 11.8. The fourth-order valence-corrected chi connectivity index (χ4v) is 4.05. The summed E-state index contributed by atoms with van der Waals surface area (Å²) in [4.78, 5) is 15.3. The number of benzene rings is 1. The van der Waals surface area contributed by atoms with Gasteiger partial charge in [0.1, 0.15) is 12.8 Å². The van der Waals surface area contributed by atoms with Crippen LogP contribution in [0.4, 0.5) is 0 Å². The number of hydrogen-bond donors (Lipinski definition) is 1. The molecule has 0 aliphatic rings. The van der Waals surface area contributed by atoms with Crippen LogP contribution in [0.15, 0.2) is 33.8 Å². The summed E-state index contributed by atoms with van der Waals surface area (Å²) < 4.78 is 32.0. The molecule has 0 radical (unpaired) electrons. The Morgan fingerprint density at radius 1 is 1.33 bits per heavy atom. The third-order valence-corrected chi connectivity index (χ3v) is 5.44. The summed E-state index contributed by atoms with van der Waals surface area (Å²) in [6.45, 7) is 4.80. The topological polar surface area (TPSA) is 101 Å². The minimum Gasteiger partial charge on any atom is -0.480 e. The Morgan fingerprint density at radius 2 is 2.04 bits per heavy atom. The van der Waals surface area contributed by atoms with Gasteiger partial charge in [-0.2, -0.15) is 4.31 Å². The molecule has 2 aromatic rings. The number of hydrogen-bond acceptors (Lipinski definition) is 5. The van der Waals surface area contributed by atoms with Crippen LogP contribution in [0.25, 0.3) is 11.5 Å². The van der Waals surface area contributed by atoms with Crippen molar-refractivity contribution in [1.29, 1.82) is 0 Å². The number of oxazole rings is 1. The number of sulfonamides is 1. The molecular formula is C16H20N2O5S. The van der Waals surface area contributed by atoms with Crippen molar-refractivity contribution in [3.8, 4) is 11.5 Å². The van der Waals surface area contributed by atoms with Crippen molar-refractivity contribution in [3.05, 3.63) is 35.7 Å². The number of carboxylic acid groups (broad SMARTS) is 1. The van der Waals surface area contributed by atoms with Gasteiger partial charge in [-0.3, -0.25) is 4.79 Å². The lowest BCUT2D eigenvalue weighted by atomic mass is 10.1. The molecule has 0 saturated carbocycles. The van der Waals surface area contributed by atoms with Gasteiger partial charge in [0.2, 0.25) is 15.9 Å². The summed E-state index contributed by atoms with van der Waals surface area (Å²) in [6, 6.07) is 4.86. The van der Waals surface area contributed by atoms with Crippen molar-refractivity contribution < 1.29 is 22.7 Å². The van der Waals surface area contributed by atoms with E-state index < -0.39 is 22.5 Å². The highest BCUT2D eigenvalue weighted by Gasteiger charge is 2.28. The molecule has 0 saturated heterocycles. The standard InChI is InChI=1S/C16H20N2O5S/c1-4-7-18(9-15(19)20)24(21,22)14-8-13(6-5-11(14)2)16-17-12(3)10-23-16/h5-6,8,10H,4,7,9H2,1-3H3,(H,19,20). The second kappa shape index (κ2) is 7.14. The number of aromatic nitrogens is 1. The van der Waals surface area contributed by atoms with Crippen molar-refractivity contribution >= 4 is 16.0 Å². The van der Waals surface area contributed by atoms with Crippen LogP contribution in [0.3, 0.4) is 0 Å². The molecule has 0 bridgehead atoms. The lowest BCUT2D eigenvalue weighted by Crippen LogP contribution is -2.36. The van der Waals surface area contributed by atoms with Crippen LogP contribution in [0.5, 0.6) is 0 Å². The van der Waals surface area contributed by atoms with E-state index in [0.29, 0.717) is 29.1 Å². The quantitative estimate of drug-likeness (QED) is 0.821. The Balaban J connectivity index is 2.50. The number of nitrogens with zero attached hydrogens (tertiary/aromatic N) is 2. The average Bonchev–Trinajstić information content (AvgIpc) is 2.93. The molecule has 0 aliphatic heterocycles. The van der Waals surface area contributed by atoms with Gasteiger partial charge in [-0.15, -0.1) is 0 Å². The van der Waals surface area contributed by atoms with Crippen LogP contribution < -0.4 is 0 Å². The Hall–Kier alpha value is -2.19. The highest BCUT2D eigenvalue weighted by molar-refractivity contribution is 7.89. The molecular weight excluding hydrogens is 332 g/mol. The summed E-state index contributed by atoms with van der Waals surface area (Å²) in [6.07, 6.45) is 2.00. The Morgan fingerprint density at radius 3 is 2.58 bits per heavy atom. The molecule has 8 heteroatoms. The van der Waals surface area contributed by atoms with Crippen molar-refractivity contribution in [3.63, 3.8) is 0 Å². The molecule has 0 aliphatic carbocycles. The minimum atomic E-state index is -3.93. The molecule has 24 heavy (non-hydrogen) atoms. The number of carboxylic acids is 1. The number of aliphatic carboxylic acids is 1. The highest BCUT2D eigenvalue weighted by Crippen LogP contribution is 2.27. The van der Waals surface area contributed by atoms with Gasteiger partial charge in [0.05, 0.1) is 10.6 Å². The molecule has 0 spiro atoms. The minimum absolute atomic E-state index is 0.0607. The molecule has 1 N–H and O–H groups in total. The fourth-order valence-electron chi connectivity index (χ4n) is 2.32. The Kier molecular flexibility index (Phi) is 5.40. The van der Waals surface area contributed by atoms with Gasteiger partial charge in [-0.05, 0) is 38.0 Å². The zero-order chi connectivity index (χ0) is 17.9. The van der Waals surface area contributed by atoms with Gasteiger partial charge >= 0.3 is 5.97 Å². The lowest BCUT2D eigenvalue weighted by Gasteiger charge is -2.21. The van der Waals surface area contributed by atoms with Gasteiger partial charge in [-0.25, -0.2) is 13.4 Å². The molecule has 0 fully saturated rings. The van der Waals surface area contributed by atoms with Gasteiger partial charge in [-0.1, -0.05) is 13.0 Å². The molecule has 0 atom stereocenters. The second-order valence-electron chi connectivity index (χ2n) is 5.51. The lowest BCUT2D eigenvalue weighted by molar-refractivity contribution is -0.137. The summed E-state index contributed by atoms with van der Waals surface area (Å²) in [5, 5.41) is 8.99. The van der Waals surface area contributed by atoms with Crippen LogP contribution in [-0.2, 0) is 14.8 Å². The first-order valence-corrected chi connectivity index (χ1v) is 8.94. The van der Waals surface area contributed by atoms with Crippen molar-refractivity contribution in [2.45, 2.75) is 32.1 Å². The van der Waals surface area contributed by atoms with Crippen LogP contribution in [0.2, 0.25) is 0 Å². The first kappa shape index (κ1) is 18.2.